The first-order valence-electron chi connectivity index (χ1n) is 8.48. The van der Waals surface area contributed by atoms with Crippen LogP contribution in [0.1, 0.15) is 20.8 Å². The molecule has 1 aliphatic heterocycles. The lowest BCUT2D eigenvalue weighted by Crippen LogP contribution is -2.43. The fraction of sp³-hybridized carbons (Fsp3) is 0.625. The largest absolute Gasteiger partial charge is 0.379 e. The number of carbonyl (C=O) groups excluding carboxylic acids is 1. The molecule has 25 heavy (non-hydrogen) atoms. The van der Waals surface area contributed by atoms with Gasteiger partial charge in [0.1, 0.15) is 12.1 Å². The number of fused-ring (bicyclic) bond motifs is 1. The van der Waals surface area contributed by atoms with Gasteiger partial charge in [0.05, 0.1) is 31.3 Å². The zero-order chi connectivity index (χ0) is 17.9. The standard InChI is InChI=1S/C16H25N7O2/c1-16(2,3)21-15(24)20-13-12-10-19-23(14(12)18-11-17-13)5-4-22-6-8-25-9-7-22/h10-11H,4-9H2,1-3H3,(H2,17,18,20,21,24). The summed E-state index contributed by atoms with van der Waals surface area (Å²) in [6.45, 7) is 10.8. The van der Waals surface area contributed by atoms with E-state index in [1.54, 1.807) is 6.20 Å². The number of aromatic nitrogens is 4. The van der Waals surface area contributed by atoms with E-state index in [1.165, 1.54) is 6.33 Å². The van der Waals surface area contributed by atoms with Crippen LogP contribution in [0.25, 0.3) is 11.0 Å². The SMILES string of the molecule is CC(C)(C)NC(=O)Nc1ncnc2c1cnn2CCN1CCOCC1. The molecule has 3 heterocycles. The van der Waals surface area contributed by atoms with Crippen molar-refractivity contribution >= 4 is 22.9 Å². The highest BCUT2D eigenvalue weighted by molar-refractivity contribution is 5.97. The lowest BCUT2D eigenvalue weighted by atomic mass is 10.1. The first-order chi connectivity index (χ1) is 11.9. The van der Waals surface area contributed by atoms with Gasteiger partial charge in [-0.2, -0.15) is 5.10 Å². The summed E-state index contributed by atoms with van der Waals surface area (Å²) >= 11 is 0. The van der Waals surface area contributed by atoms with Crippen LogP contribution in [0.3, 0.4) is 0 Å². The third-order valence-electron chi connectivity index (χ3n) is 3.89. The molecule has 3 rings (SSSR count). The summed E-state index contributed by atoms with van der Waals surface area (Å²) in [5.41, 5.74) is 0.396. The smallest absolute Gasteiger partial charge is 0.320 e. The Labute approximate surface area is 146 Å². The van der Waals surface area contributed by atoms with Crippen LogP contribution in [0.4, 0.5) is 10.6 Å². The minimum atomic E-state index is -0.321. The van der Waals surface area contributed by atoms with Crippen molar-refractivity contribution in [1.82, 2.24) is 30.0 Å². The summed E-state index contributed by atoms with van der Waals surface area (Å²) < 4.78 is 7.21. The summed E-state index contributed by atoms with van der Waals surface area (Å²) in [6.07, 6.45) is 3.14. The van der Waals surface area contributed by atoms with E-state index in [9.17, 15) is 4.79 Å². The van der Waals surface area contributed by atoms with E-state index >= 15 is 0 Å². The van der Waals surface area contributed by atoms with E-state index in [-0.39, 0.29) is 11.6 Å². The summed E-state index contributed by atoms with van der Waals surface area (Å²) in [5.74, 6) is 0.462. The number of anilines is 1. The quantitative estimate of drug-likeness (QED) is 0.859. The monoisotopic (exact) mass is 347 g/mol. The Bertz CT molecular complexity index is 732. The molecule has 2 aromatic heterocycles. The molecule has 2 N–H and O–H groups in total. The van der Waals surface area contributed by atoms with E-state index < -0.39 is 0 Å². The molecule has 1 saturated heterocycles. The summed E-state index contributed by atoms with van der Waals surface area (Å²) in [5, 5.41) is 10.8. The molecule has 0 saturated carbocycles. The number of amides is 2. The maximum atomic E-state index is 12.1. The third kappa shape index (κ3) is 4.64. The van der Waals surface area contributed by atoms with Crippen molar-refractivity contribution in [2.75, 3.05) is 38.2 Å². The average molecular weight is 347 g/mol. The number of nitrogens with zero attached hydrogens (tertiary/aromatic N) is 5. The zero-order valence-electron chi connectivity index (χ0n) is 14.9. The van der Waals surface area contributed by atoms with Crippen LogP contribution in [0, 0.1) is 0 Å². The first kappa shape index (κ1) is 17.6. The van der Waals surface area contributed by atoms with Gasteiger partial charge in [0.15, 0.2) is 5.65 Å². The number of nitrogens with one attached hydrogen (secondary N) is 2. The molecule has 0 aromatic carbocycles. The van der Waals surface area contributed by atoms with E-state index in [0.717, 1.165) is 44.8 Å². The van der Waals surface area contributed by atoms with Crippen molar-refractivity contribution in [3.05, 3.63) is 12.5 Å². The normalized spacial score (nSPS) is 16.1. The fourth-order valence-electron chi connectivity index (χ4n) is 2.70. The van der Waals surface area contributed by atoms with Crippen molar-refractivity contribution in [2.24, 2.45) is 0 Å². The minimum absolute atomic E-state index is 0.298. The van der Waals surface area contributed by atoms with Gasteiger partial charge in [-0.25, -0.2) is 19.4 Å². The fourth-order valence-corrected chi connectivity index (χ4v) is 2.70. The Kier molecular flexibility index (Phi) is 5.14. The maximum Gasteiger partial charge on any atom is 0.320 e. The van der Waals surface area contributed by atoms with Gasteiger partial charge in [-0.3, -0.25) is 10.2 Å². The van der Waals surface area contributed by atoms with Gasteiger partial charge in [-0.15, -0.1) is 0 Å². The van der Waals surface area contributed by atoms with Crippen LogP contribution in [-0.2, 0) is 11.3 Å². The number of hydrogen-bond donors (Lipinski definition) is 2. The molecule has 0 spiro atoms. The van der Waals surface area contributed by atoms with Crippen molar-refractivity contribution in [2.45, 2.75) is 32.9 Å². The van der Waals surface area contributed by atoms with Crippen LogP contribution in [0.2, 0.25) is 0 Å². The van der Waals surface area contributed by atoms with Crippen LogP contribution >= 0.6 is 0 Å². The Hall–Kier alpha value is -2.26. The maximum absolute atomic E-state index is 12.1. The van der Waals surface area contributed by atoms with Crippen molar-refractivity contribution in [3.8, 4) is 0 Å². The van der Waals surface area contributed by atoms with Gasteiger partial charge in [0.2, 0.25) is 0 Å². The first-order valence-corrected chi connectivity index (χ1v) is 8.48. The Morgan fingerprint density at radius 2 is 2.00 bits per heavy atom. The van der Waals surface area contributed by atoms with Crippen LogP contribution in [0.5, 0.6) is 0 Å². The van der Waals surface area contributed by atoms with Crippen LogP contribution in [0.15, 0.2) is 12.5 Å². The molecule has 2 aromatic rings. The molecule has 1 aliphatic rings. The zero-order valence-corrected chi connectivity index (χ0v) is 14.9. The van der Waals surface area contributed by atoms with Gasteiger partial charge >= 0.3 is 6.03 Å². The number of urea groups is 1. The molecule has 0 aliphatic carbocycles. The highest BCUT2D eigenvalue weighted by atomic mass is 16.5. The van der Waals surface area contributed by atoms with E-state index in [4.69, 9.17) is 4.74 Å². The number of hydrogen-bond acceptors (Lipinski definition) is 6. The molecule has 9 heteroatoms. The van der Waals surface area contributed by atoms with Gasteiger partial charge in [0.25, 0.3) is 0 Å². The molecule has 0 bridgehead atoms. The highest BCUT2D eigenvalue weighted by Gasteiger charge is 2.17. The lowest BCUT2D eigenvalue weighted by molar-refractivity contribution is 0.0361. The van der Waals surface area contributed by atoms with Crippen LogP contribution < -0.4 is 10.6 Å². The molecule has 136 valence electrons. The van der Waals surface area contributed by atoms with Crippen LogP contribution in [-0.4, -0.2) is 69.1 Å². The second-order valence-corrected chi connectivity index (χ2v) is 7.11. The predicted molar refractivity (Wildman–Crippen MR) is 94.5 cm³/mol. The highest BCUT2D eigenvalue weighted by Crippen LogP contribution is 2.18. The second-order valence-electron chi connectivity index (χ2n) is 7.11. The Morgan fingerprint density at radius 3 is 2.72 bits per heavy atom. The minimum Gasteiger partial charge on any atom is -0.379 e. The summed E-state index contributed by atoms with van der Waals surface area (Å²) in [6, 6.07) is -0.298. The second kappa shape index (κ2) is 7.32. The molecule has 2 amide bonds. The van der Waals surface area contributed by atoms with Gasteiger partial charge in [-0.05, 0) is 20.8 Å². The molecule has 0 unspecified atom stereocenters. The van der Waals surface area contributed by atoms with Crippen molar-refractivity contribution in [3.63, 3.8) is 0 Å². The number of morpholine rings is 1. The van der Waals surface area contributed by atoms with Gasteiger partial charge < -0.3 is 10.1 Å². The molecule has 1 fully saturated rings. The number of rotatable bonds is 4. The topological polar surface area (TPSA) is 97.2 Å². The molecule has 9 nitrogen and oxygen atoms in total. The molecule has 0 radical (unpaired) electrons. The van der Waals surface area contributed by atoms with Gasteiger partial charge in [-0.1, -0.05) is 0 Å². The van der Waals surface area contributed by atoms with Gasteiger partial charge in [0, 0.05) is 25.2 Å². The number of carbonyl (C=O) groups is 1. The number of ether oxygens (including phenoxy) is 1. The Balaban J connectivity index is 1.70. The molecular formula is C16H25N7O2. The van der Waals surface area contributed by atoms with E-state index in [2.05, 4.69) is 30.6 Å². The summed E-state index contributed by atoms with van der Waals surface area (Å²) in [7, 11) is 0. The molecule has 0 atom stereocenters. The van der Waals surface area contributed by atoms with E-state index in [0.29, 0.717) is 11.5 Å². The summed E-state index contributed by atoms with van der Waals surface area (Å²) in [4.78, 5) is 22.9. The molecular weight excluding hydrogens is 322 g/mol. The van der Waals surface area contributed by atoms with E-state index in [1.807, 2.05) is 25.5 Å². The predicted octanol–water partition coefficient (Wildman–Crippen LogP) is 1.08. The third-order valence-corrected chi connectivity index (χ3v) is 3.89. The lowest BCUT2D eigenvalue weighted by Gasteiger charge is -2.26. The Morgan fingerprint density at radius 1 is 1.24 bits per heavy atom. The average Bonchev–Trinajstić information content (AvgIpc) is 2.96. The van der Waals surface area contributed by atoms with Crippen molar-refractivity contribution in [1.29, 1.82) is 0 Å². The van der Waals surface area contributed by atoms with Crippen molar-refractivity contribution < 1.29 is 9.53 Å².